The Morgan fingerprint density at radius 2 is 1.72 bits per heavy atom. The second-order valence-corrected chi connectivity index (χ2v) is 6.77. The first kappa shape index (κ1) is 20.7. The van der Waals surface area contributed by atoms with Crippen molar-refractivity contribution < 1.29 is 24.2 Å². The maximum atomic E-state index is 13.3. The number of amides is 2. The summed E-state index contributed by atoms with van der Waals surface area (Å²) in [6.45, 7) is 0.0386. The van der Waals surface area contributed by atoms with Crippen LogP contribution in [0.25, 0.3) is 5.57 Å². The van der Waals surface area contributed by atoms with Gasteiger partial charge in [-0.1, -0.05) is 23.7 Å². The van der Waals surface area contributed by atoms with Gasteiger partial charge in [-0.15, -0.1) is 0 Å². The second kappa shape index (κ2) is 8.55. The lowest BCUT2D eigenvalue weighted by molar-refractivity contribution is -0.120. The lowest BCUT2D eigenvalue weighted by Gasteiger charge is -2.20. The highest BCUT2D eigenvalue weighted by molar-refractivity contribution is 6.45. The van der Waals surface area contributed by atoms with E-state index in [4.69, 9.17) is 21.1 Å². The third-order valence-corrected chi connectivity index (χ3v) is 4.94. The monoisotopic (exact) mass is 416 g/mol. The number of carbonyl (C=O) groups is 2. The number of aliphatic hydroxyl groups excluding tert-OH is 1. The molecule has 0 atom stereocenters. The van der Waals surface area contributed by atoms with Crippen molar-refractivity contribution in [1.82, 2.24) is 4.90 Å². The van der Waals surface area contributed by atoms with E-state index in [0.29, 0.717) is 22.7 Å². The lowest BCUT2D eigenvalue weighted by atomic mass is 10.0. The summed E-state index contributed by atoms with van der Waals surface area (Å²) >= 11 is 6.19. The molecule has 2 aromatic rings. The summed E-state index contributed by atoms with van der Waals surface area (Å²) in [4.78, 5) is 29.2. The fourth-order valence-corrected chi connectivity index (χ4v) is 3.43. The Morgan fingerprint density at radius 1 is 1.03 bits per heavy atom. The van der Waals surface area contributed by atoms with Gasteiger partial charge in [0, 0.05) is 13.6 Å². The van der Waals surface area contributed by atoms with Crippen LogP contribution in [0.1, 0.15) is 5.56 Å². The minimum absolute atomic E-state index is 0.161. The second-order valence-electron chi connectivity index (χ2n) is 6.36. The molecule has 0 radical (unpaired) electrons. The van der Waals surface area contributed by atoms with Crippen molar-refractivity contribution in [3.8, 4) is 11.5 Å². The van der Waals surface area contributed by atoms with Gasteiger partial charge < -0.3 is 19.5 Å². The normalized spacial score (nSPS) is 13.9. The molecule has 0 bridgehead atoms. The van der Waals surface area contributed by atoms with Crippen LogP contribution in [0, 0.1) is 0 Å². The Bertz CT molecular complexity index is 972. The van der Waals surface area contributed by atoms with E-state index in [-0.39, 0.29) is 29.4 Å². The number of rotatable bonds is 7. The maximum Gasteiger partial charge on any atom is 0.282 e. The van der Waals surface area contributed by atoms with Gasteiger partial charge in [0.15, 0.2) is 0 Å². The first-order valence-electron chi connectivity index (χ1n) is 8.86. The Hall–Kier alpha value is -3.03. The topological polar surface area (TPSA) is 79.3 Å². The fraction of sp³-hybridized carbons (Fsp3) is 0.238. The summed E-state index contributed by atoms with van der Waals surface area (Å²) in [6, 6.07) is 11.6. The van der Waals surface area contributed by atoms with Crippen LogP contribution in [0.15, 0.2) is 48.2 Å². The molecule has 2 amide bonds. The SMILES string of the molecule is COc1ccc(C2=C(N(C)CCO)C(=O)N(c3ccc(OC)c(Cl)c3)C2=O)cc1. The molecule has 0 spiro atoms. The molecule has 152 valence electrons. The number of halogens is 1. The summed E-state index contributed by atoms with van der Waals surface area (Å²) in [7, 11) is 4.69. The number of anilines is 1. The summed E-state index contributed by atoms with van der Waals surface area (Å²) in [5, 5.41) is 9.62. The molecule has 0 unspecified atom stereocenters. The minimum atomic E-state index is -0.488. The Kier molecular flexibility index (Phi) is 6.10. The van der Waals surface area contributed by atoms with Gasteiger partial charge in [-0.2, -0.15) is 0 Å². The van der Waals surface area contributed by atoms with Crippen molar-refractivity contribution in [2.24, 2.45) is 0 Å². The van der Waals surface area contributed by atoms with Crippen LogP contribution < -0.4 is 14.4 Å². The first-order valence-corrected chi connectivity index (χ1v) is 9.23. The molecule has 0 saturated heterocycles. The molecule has 29 heavy (non-hydrogen) atoms. The quantitative estimate of drug-likeness (QED) is 0.699. The summed E-state index contributed by atoms with van der Waals surface area (Å²) in [5.41, 5.74) is 1.37. The first-order chi connectivity index (χ1) is 13.9. The van der Waals surface area contributed by atoms with Gasteiger partial charge in [-0.05, 0) is 35.9 Å². The van der Waals surface area contributed by atoms with Crippen LogP contribution in [0.2, 0.25) is 5.02 Å². The number of hydrogen-bond donors (Lipinski definition) is 1. The van der Waals surface area contributed by atoms with Gasteiger partial charge >= 0.3 is 0 Å². The van der Waals surface area contributed by atoms with Gasteiger partial charge in [0.2, 0.25) is 0 Å². The highest BCUT2D eigenvalue weighted by atomic mass is 35.5. The van der Waals surface area contributed by atoms with Crippen molar-refractivity contribution in [2.75, 3.05) is 39.3 Å². The van der Waals surface area contributed by atoms with Gasteiger partial charge in [0.1, 0.15) is 17.2 Å². The molecule has 1 aliphatic heterocycles. The molecule has 0 aromatic heterocycles. The molecule has 1 aliphatic rings. The molecule has 7 nitrogen and oxygen atoms in total. The molecule has 0 aliphatic carbocycles. The molecular weight excluding hydrogens is 396 g/mol. The predicted molar refractivity (Wildman–Crippen MR) is 110 cm³/mol. The van der Waals surface area contributed by atoms with Crippen LogP contribution in [0.3, 0.4) is 0 Å². The van der Waals surface area contributed by atoms with E-state index in [9.17, 15) is 14.7 Å². The average molecular weight is 417 g/mol. The maximum absolute atomic E-state index is 13.3. The zero-order valence-electron chi connectivity index (χ0n) is 16.3. The van der Waals surface area contributed by atoms with Crippen LogP contribution in [-0.4, -0.2) is 56.2 Å². The third-order valence-electron chi connectivity index (χ3n) is 4.65. The van der Waals surface area contributed by atoms with Gasteiger partial charge in [0.05, 0.1) is 37.1 Å². The summed E-state index contributed by atoms with van der Waals surface area (Å²) in [5.74, 6) is 0.116. The van der Waals surface area contributed by atoms with E-state index in [1.54, 1.807) is 55.5 Å². The smallest absolute Gasteiger partial charge is 0.282 e. The molecule has 8 heteroatoms. The van der Waals surface area contributed by atoms with E-state index in [1.807, 2.05) is 0 Å². The number of likely N-dealkylation sites (N-methyl/N-ethyl adjacent to an activating group) is 1. The minimum Gasteiger partial charge on any atom is -0.497 e. The van der Waals surface area contributed by atoms with Gasteiger partial charge in [0.25, 0.3) is 11.8 Å². The lowest BCUT2D eigenvalue weighted by Crippen LogP contribution is -2.34. The number of ether oxygens (including phenoxy) is 2. The Morgan fingerprint density at radius 3 is 2.28 bits per heavy atom. The number of nitrogens with zero attached hydrogens (tertiary/aromatic N) is 2. The number of benzene rings is 2. The van der Waals surface area contributed by atoms with Crippen LogP contribution in [-0.2, 0) is 9.59 Å². The standard InChI is InChI=1S/C21H21ClN2O5/c1-23(10-11-25)19-18(13-4-7-15(28-2)8-5-13)20(26)24(21(19)27)14-6-9-17(29-3)16(22)12-14/h4-9,12,25H,10-11H2,1-3H3. The Balaban J connectivity index is 2.10. The van der Waals surface area contributed by atoms with Crippen LogP contribution >= 0.6 is 11.6 Å². The van der Waals surface area contributed by atoms with E-state index in [2.05, 4.69) is 0 Å². The summed E-state index contributed by atoms with van der Waals surface area (Å²) in [6.07, 6.45) is 0. The van der Waals surface area contributed by atoms with E-state index in [1.165, 1.54) is 13.2 Å². The van der Waals surface area contributed by atoms with E-state index < -0.39 is 11.8 Å². The zero-order valence-corrected chi connectivity index (χ0v) is 17.1. The van der Waals surface area contributed by atoms with Gasteiger partial charge in [-0.3, -0.25) is 9.59 Å². The van der Waals surface area contributed by atoms with E-state index >= 15 is 0 Å². The highest BCUT2D eigenvalue weighted by Crippen LogP contribution is 2.37. The van der Waals surface area contributed by atoms with Crippen molar-refractivity contribution in [3.63, 3.8) is 0 Å². The molecule has 1 N–H and O–H groups in total. The molecule has 0 fully saturated rings. The van der Waals surface area contributed by atoms with Gasteiger partial charge in [-0.25, -0.2) is 4.90 Å². The zero-order chi connectivity index (χ0) is 21.1. The molecule has 1 heterocycles. The predicted octanol–water partition coefficient (Wildman–Crippen LogP) is 2.57. The third kappa shape index (κ3) is 3.79. The van der Waals surface area contributed by atoms with Crippen LogP contribution in [0.5, 0.6) is 11.5 Å². The Labute approximate surface area is 173 Å². The van der Waals surface area contributed by atoms with E-state index in [0.717, 1.165) is 4.90 Å². The molecule has 2 aromatic carbocycles. The van der Waals surface area contributed by atoms with Crippen molar-refractivity contribution >= 4 is 34.7 Å². The average Bonchev–Trinajstić information content (AvgIpc) is 2.98. The largest absolute Gasteiger partial charge is 0.497 e. The fourth-order valence-electron chi connectivity index (χ4n) is 3.18. The van der Waals surface area contributed by atoms with Crippen LogP contribution in [0.4, 0.5) is 5.69 Å². The molecule has 0 saturated carbocycles. The molecular formula is C21H21ClN2O5. The number of aliphatic hydroxyl groups is 1. The number of imide groups is 1. The highest BCUT2D eigenvalue weighted by Gasteiger charge is 2.41. The number of hydrogen-bond acceptors (Lipinski definition) is 6. The number of methoxy groups -OCH3 is 2. The van der Waals surface area contributed by atoms with Crippen molar-refractivity contribution in [3.05, 3.63) is 58.7 Å². The summed E-state index contributed by atoms with van der Waals surface area (Å²) < 4.78 is 10.3. The number of carbonyl (C=O) groups excluding carboxylic acids is 2. The molecule has 3 rings (SSSR count). The van der Waals surface area contributed by atoms with Crippen molar-refractivity contribution in [1.29, 1.82) is 0 Å². The van der Waals surface area contributed by atoms with Crippen molar-refractivity contribution in [2.45, 2.75) is 0 Å².